The van der Waals surface area contributed by atoms with Crippen molar-refractivity contribution in [2.75, 3.05) is 0 Å². The van der Waals surface area contributed by atoms with Gasteiger partial charge in [0, 0.05) is 17.8 Å². The molecule has 2 aliphatic rings. The first kappa shape index (κ1) is 8.97. The van der Waals surface area contributed by atoms with Gasteiger partial charge in [-0.3, -0.25) is 10.1 Å². The van der Waals surface area contributed by atoms with Gasteiger partial charge in [-0.2, -0.15) is 0 Å². The Morgan fingerprint density at radius 2 is 1.62 bits per heavy atom. The molecule has 0 atom stereocenters. The maximum atomic E-state index is 10.6. The lowest BCUT2D eigenvalue weighted by molar-refractivity contribution is -0.527. The molecular weight excluding hydrogens is 166 g/mol. The van der Waals surface area contributed by atoms with Crippen LogP contribution in [0.15, 0.2) is 0 Å². The van der Waals surface area contributed by atoms with E-state index in [2.05, 4.69) is 0 Å². The highest BCUT2D eigenvalue weighted by Gasteiger charge is 2.40. The van der Waals surface area contributed by atoms with Crippen LogP contribution in [0.25, 0.3) is 0 Å². The van der Waals surface area contributed by atoms with Crippen molar-refractivity contribution in [2.24, 2.45) is 5.41 Å². The van der Waals surface area contributed by atoms with E-state index in [1.165, 1.54) is 25.7 Å². The molecule has 0 radical (unpaired) electrons. The first-order valence-electron chi connectivity index (χ1n) is 5.35. The number of hydrogen-bond acceptors (Lipinski definition) is 2. The fourth-order valence-electron chi connectivity index (χ4n) is 3.05. The van der Waals surface area contributed by atoms with Crippen LogP contribution < -0.4 is 0 Å². The summed E-state index contributed by atoms with van der Waals surface area (Å²) in [6.07, 6.45) is 9.23. The second-order valence-corrected chi connectivity index (χ2v) is 4.72. The second-order valence-electron chi connectivity index (χ2n) is 4.72. The van der Waals surface area contributed by atoms with Gasteiger partial charge in [-0.05, 0) is 31.1 Å². The van der Waals surface area contributed by atoms with Crippen molar-refractivity contribution in [1.29, 1.82) is 0 Å². The fourth-order valence-corrected chi connectivity index (χ4v) is 3.05. The largest absolute Gasteiger partial charge is 0.264 e. The van der Waals surface area contributed by atoms with Gasteiger partial charge in [0.15, 0.2) is 0 Å². The van der Waals surface area contributed by atoms with Crippen LogP contribution in [-0.4, -0.2) is 11.0 Å². The Balaban J connectivity index is 1.91. The van der Waals surface area contributed by atoms with Crippen LogP contribution >= 0.6 is 0 Å². The van der Waals surface area contributed by atoms with Crippen molar-refractivity contribution in [3.63, 3.8) is 0 Å². The zero-order valence-corrected chi connectivity index (χ0v) is 8.00. The summed E-state index contributed by atoms with van der Waals surface area (Å²) >= 11 is 0. The zero-order valence-electron chi connectivity index (χ0n) is 8.00. The lowest BCUT2D eigenvalue weighted by Gasteiger charge is -2.34. The van der Waals surface area contributed by atoms with E-state index in [0.717, 1.165) is 25.7 Å². The summed E-state index contributed by atoms with van der Waals surface area (Å²) in [6.45, 7) is 0. The van der Waals surface area contributed by atoms with Gasteiger partial charge in [0.05, 0.1) is 0 Å². The molecule has 0 aromatic rings. The summed E-state index contributed by atoms with van der Waals surface area (Å²) in [4.78, 5) is 10.5. The highest BCUT2D eigenvalue weighted by Crippen LogP contribution is 2.49. The van der Waals surface area contributed by atoms with Crippen LogP contribution in [0, 0.1) is 15.5 Å². The molecule has 1 spiro atoms. The first-order valence-corrected chi connectivity index (χ1v) is 5.35. The molecule has 0 aliphatic heterocycles. The lowest BCUT2D eigenvalue weighted by Crippen LogP contribution is -2.31. The number of nitro groups is 1. The van der Waals surface area contributed by atoms with E-state index in [-0.39, 0.29) is 11.0 Å². The van der Waals surface area contributed by atoms with Crippen molar-refractivity contribution in [1.82, 2.24) is 0 Å². The highest BCUT2D eigenvalue weighted by molar-refractivity contribution is 4.89. The lowest BCUT2D eigenvalue weighted by atomic mass is 9.71. The zero-order chi connectivity index (χ0) is 9.31. The minimum Gasteiger partial charge on any atom is -0.264 e. The summed E-state index contributed by atoms with van der Waals surface area (Å²) in [7, 11) is 0. The predicted molar refractivity (Wildman–Crippen MR) is 50.2 cm³/mol. The van der Waals surface area contributed by atoms with Crippen molar-refractivity contribution >= 4 is 0 Å². The maximum absolute atomic E-state index is 10.6. The first-order chi connectivity index (χ1) is 6.22. The topological polar surface area (TPSA) is 43.1 Å². The summed E-state index contributed by atoms with van der Waals surface area (Å²) in [6, 6.07) is -0.230. The number of nitrogens with zero attached hydrogens (tertiary/aromatic N) is 1. The Hall–Kier alpha value is -0.600. The van der Waals surface area contributed by atoms with E-state index < -0.39 is 0 Å². The summed E-state index contributed by atoms with van der Waals surface area (Å²) in [5.74, 6) is 0. The van der Waals surface area contributed by atoms with Gasteiger partial charge in [0.1, 0.15) is 0 Å². The Labute approximate surface area is 78.7 Å². The van der Waals surface area contributed by atoms with E-state index in [1.807, 2.05) is 0 Å². The summed E-state index contributed by atoms with van der Waals surface area (Å²) in [5.41, 5.74) is 0.534. The van der Waals surface area contributed by atoms with Gasteiger partial charge in [-0.25, -0.2) is 0 Å². The van der Waals surface area contributed by atoms with E-state index in [9.17, 15) is 10.1 Å². The molecule has 3 nitrogen and oxygen atoms in total. The second kappa shape index (κ2) is 3.28. The third-order valence-electron chi connectivity index (χ3n) is 3.98. The van der Waals surface area contributed by atoms with Gasteiger partial charge in [0.25, 0.3) is 0 Å². The molecule has 0 amide bonds. The van der Waals surface area contributed by atoms with Crippen LogP contribution in [0.5, 0.6) is 0 Å². The molecule has 0 saturated heterocycles. The van der Waals surface area contributed by atoms with Crippen LogP contribution in [-0.2, 0) is 0 Å². The van der Waals surface area contributed by atoms with Crippen LogP contribution in [0.2, 0.25) is 0 Å². The molecule has 0 aromatic carbocycles. The van der Waals surface area contributed by atoms with Gasteiger partial charge < -0.3 is 0 Å². The molecule has 0 bridgehead atoms. The molecule has 0 aromatic heterocycles. The molecule has 2 aliphatic carbocycles. The van der Waals surface area contributed by atoms with Crippen molar-refractivity contribution in [2.45, 2.75) is 57.4 Å². The number of hydrogen-bond donors (Lipinski definition) is 0. The molecule has 74 valence electrons. The molecule has 0 heterocycles. The van der Waals surface area contributed by atoms with E-state index >= 15 is 0 Å². The Morgan fingerprint density at radius 1 is 1.08 bits per heavy atom. The monoisotopic (exact) mass is 183 g/mol. The average Bonchev–Trinajstić information content (AvgIpc) is 2.54. The van der Waals surface area contributed by atoms with Gasteiger partial charge in [-0.1, -0.05) is 12.8 Å². The van der Waals surface area contributed by atoms with Crippen LogP contribution in [0.3, 0.4) is 0 Å². The quantitative estimate of drug-likeness (QED) is 0.463. The molecule has 2 saturated carbocycles. The van der Waals surface area contributed by atoms with Crippen molar-refractivity contribution in [3.05, 3.63) is 10.1 Å². The minimum atomic E-state index is -0.230. The predicted octanol–water partition coefficient (Wildman–Crippen LogP) is 2.77. The Morgan fingerprint density at radius 3 is 2.08 bits per heavy atom. The minimum absolute atomic E-state index is 0.0815. The molecule has 0 unspecified atom stereocenters. The molecule has 2 rings (SSSR count). The molecular formula is C10H17NO2. The highest BCUT2D eigenvalue weighted by atomic mass is 16.6. The van der Waals surface area contributed by atoms with Crippen molar-refractivity contribution in [3.8, 4) is 0 Å². The summed E-state index contributed by atoms with van der Waals surface area (Å²) < 4.78 is 0. The van der Waals surface area contributed by atoms with Gasteiger partial charge >= 0.3 is 0 Å². The molecule has 13 heavy (non-hydrogen) atoms. The maximum Gasteiger partial charge on any atom is 0.213 e. The third-order valence-corrected chi connectivity index (χ3v) is 3.98. The SMILES string of the molecule is O=[N+]([O-])C1CCC2(CCCC2)CC1. The average molecular weight is 183 g/mol. The van der Waals surface area contributed by atoms with E-state index in [0.29, 0.717) is 5.41 Å². The van der Waals surface area contributed by atoms with Gasteiger partial charge in [0.2, 0.25) is 6.04 Å². The van der Waals surface area contributed by atoms with Crippen LogP contribution in [0.4, 0.5) is 0 Å². The molecule has 2 fully saturated rings. The van der Waals surface area contributed by atoms with Crippen molar-refractivity contribution < 1.29 is 4.92 Å². The van der Waals surface area contributed by atoms with Gasteiger partial charge in [-0.15, -0.1) is 0 Å². The molecule has 3 heteroatoms. The summed E-state index contributed by atoms with van der Waals surface area (Å²) in [5, 5.41) is 10.6. The normalized spacial score (nSPS) is 28.0. The molecule has 0 N–H and O–H groups in total. The van der Waals surface area contributed by atoms with Crippen LogP contribution in [0.1, 0.15) is 51.4 Å². The smallest absolute Gasteiger partial charge is 0.213 e. The third kappa shape index (κ3) is 1.69. The van der Waals surface area contributed by atoms with E-state index in [1.54, 1.807) is 0 Å². The number of rotatable bonds is 1. The Bertz CT molecular complexity index is 199. The standard InChI is InChI=1S/C10H17NO2/c12-11(13)9-3-7-10(8-4-9)5-1-2-6-10/h9H,1-8H2. The van der Waals surface area contributed by atoms with E-state index in [4.69, 9.17) is 0 Å². The fraction of sp³-hybridized carbons (Fsp3) is 1.00. The Kier molecular flexibility index (Phi) is 2.26.